The molecule has 4 nitrogen and oxygen atoms in total. The van der Waals surface area contributed by atoms with Gasteiger partial charge >= 0.3 is 18.1 Å². The van der Waals surface area contributed by atoms with Crippen LogP contribution in [0.2, 0.25) is 0 Å². The maximum absolute atomic E-state index is 12.4. The van der Waals surface area contributed by atoms with Crippen molar-refractivity contribution in [2.45, 2.75) is 17.0 Å². The number of hydrogen-bond acceptors (Lipinski definition) is 5. The summed E-state index contributed by atoms with van der Waals surface area (Å²) in [5.41, 5.74) is -5.97. The zero-order valence-corrected chi connectivity index (χ0v) is 11.0. The first-order chi connectivity index (χ1) is 9.67. The number of halogens is 5. The summed E-state index contributed by atoms with van der Waals surface area (Å²) in [7, 11) is 0.963. The average molecular weight is 327 g/mol. The Bertz CT molecular complexity index is 582. The first kappa shape index (κ1) is 17.0. The molecule has 0 aromatic heterocycles. The molecule has 0 aliphatic heterocycles. The number of benzene rings is 1. The molecular formula is C11H6F5NO3S. The summed E-state index contributed by atoms with van der Waals surface area (Å²) in [6, 6.07) is 2.79. The minimum Gasteiger partial charge on any atom is -0.465 e. The van der Waals surface area contributed by atoms with Gasteiger partial charge in [0.15, 0.2) is 0 Å². The molecule has 0 aliphatic carbocycles. The van der Waals surface area contributed by atoms with Crippen LogP contribution in [0.25, 0.3) is 0 Å². The zero-order chi connectivity index (χ0) is 16.2. The standard InChI is InChI=1S/C11H6F5NO3S/c1-19-9(18)5-2-7(20-10(12)13)6(4-17)8(3-5)21-11(14,15)16/h2-3,10H,1H3. The Morgan fingerprint density at radius 1 is 1.38 bits per heavy atom. The number of rotatable bonds is 4. The van der Waals surface area contributed by atoms with Crippen molar-refractivity contribution in [3.05, 3.63) is 23.3 Å². The van der Waals surface area contributed by atoms with E-state index >= 15 is 0 Å². The van der Waals surface area contributed by atoms with Crippen molar-refractivity contribution in [3.8, 4) is 11.8 Å². The Kier molecular flexibility index (Phi) is 5.37. The van der Waals surface area contributed by atoms with Crippen LogP contribution >= 0.6 is 11.8 Å². The summed E-state index contributed by atoms with van der Waals surface area (Å²) in [5, 5.41) is 8.82. The number of nitrogens with zero attached hydrogens (tertiary/aromatic N) is 1. The fraction of sp³-hybridized carbons (Fsp3) is 0.273. The molecule has 0 saturated heterocycles. The van der Waals surface area contributed by atoms with Crippen LogP contribution in [0.4, 0.5) is 22.0 Å². The Morgan fingerprint density at radius 3 is 2.43 bits per heavy atom. The van der Waals surface area contributed by atoms with Gasteiger partial charge in [0.1, 0.15) is 17.4 Å². The average Bonchev–Trinajstić information content (AvgIpc) is 2.34. The Hall–Kier alpha value is -2.02. The Labute approximate surface area is 119 Å². The summed E-state index contributed by atoms with van der Waals surface area (Å²) in [4.78, 5) is 10.6. The summed E-state index contributed by atoms with van der Waals surface area (Å²) in [5.74, 6) is -1.88. The molecule has 114 valence electrons. The molecule has 0 saturated carbocycles. The quantitative estimate of drug-likeness (QED) is 0.481. The number of nitriles is 1. The number of carbonyl (C=O) groups is 1. The van der Waals surface area contributed by atoms with Crippen LogP contribution in [0.3, 0.4) is 0 Å². The van der Waals surface area contributed by atoms with E-state index in [2.05, 4.69) is 9.47 Å². The summed E-state index contributed by atoms with van der Waals surface area (Å²) < 4.78 is 70.0. The van der Waals surface area contributed by atoms with Crippen LogP contribution in [-0.4, -0.2) is 25.2 Å². The van der Waals surface area contributed by atoms with Crippen LogP contribution < -0.4 is 4.74 Å². The van der Waals surface area contributed by atoms with Gasteiger partial charge < -0.3 is 9.47 Å². The van der Waals surface area contributed by atoms with E-state index < -0.39 is 51.6 Å². The molecule has 10 heteroatoms. The lowest BCUT2D eigenvalue weighted by molar-refractivity contribution is -0.0502. The number of methoxy groups -OCH3 is 1. The van der Waals surface area contributed by atoms with E-state index in [0.717, 1.165) is 19.2 Å². The maximum atomic E-state index is 12.4. The SMILES string of the molecule is COC(=O)c1cc(OC(F)F)c(C#N)c(SC(F)(F)F)c1. The molecule has 1 rings (SSSR count). The van der Waals surface area contributed by atoms with Gasteiger partial charge in [-0.3, -0.25) is 0 Å². The van der Waals surface area contributed by atoms with Crippen molar-refractivity contribution in [2.75, 3.05) is 7.11 Å². The highest BCUT2D eigenvalue weighted by atomic mass is 32.2. The summed E-state index contributed by atoms with van der Waals surface area (Å²) in [6.07, 6.45) is 0. The first-order valence-electron chi connectivity index (χ1n) is 5.05. The van der Waals surface area contributed by atoms with Crippen molar-refractivity contribution in [1.29, 1.82) is 5.26 Å². The van der Waals surface area contributed by atoms with Crippen molar-refractivity contribution in [1.82, 2.24) is 0 Å². The zero-order valence-electron chi connectivity index (χ0n) is 10.2. The second kappa shape index (κ2) is 6.62. The van der Waals surface area contributed by atoms with Gasteiger partial charge in [-0.25, -0.2) is 4.79 Å². The lowest BCUT2D eigenvalue weighted by Crippen LogP contribution is -2.09. The second-order valence-corrected chi connectivity index (χ2v) is 4.48. The molecule has 0 N–H and O–H groups in total. The number of esters is 1. The predicted molar refractivity (Wildman–Crippen MR) is 61.0 cm³/mol. The Balaban J connectivity index is 3.44. The van der Waals surface area contributed by atoms with Crippen molar-refractivity contribution >= 4 is 17.7 Å². The predicted octanol–water partition coefficient (Wildman–Crippen LogP) is 3.56. The van der Waals surface area contributed by atoms with Crippen LogP contribution in [0, 0.1) is 11.3 Å². The van der Waals surface area contributed by atoms with Gasteiger partial charge in [0.25, 0.3) is 0 Å². The van der Waals surface area contributed by atoms with Crippen molar-refractivity contribution in [3.63, 3.8) is 0 Å². The van der Waals surface area contributed by atoms with Crippen molar-refractivity contribution < 1.29 is 36.2 Å². The molecule has 0 atom stereocenters. The molecule has 0 spiro atoms. The van der Waals surface area contributed by atoms with Crippen LogP contribution in [0.1, 0.15) is 15.9 Å². The fourth-order valence-electron chi connectivity index (χ4n) is 1.33. The third-order valence-corrected chi connectivity index (χ3v) is 2.81. The normalized spacial score (nSPS) is 11.1. The van der Waals surface area contributed by atoms with E-state index in [9.17, 15) is 26.7 Å². The lowest BCUT2D eigenvalue weighted by atomic mass is 10.1. The first-order valence-corrected chi connectivity index (χ1v) is 5.86. The van der Waals surface area contributed by atoms with Crippen LogP contribution in [0.15, 0.2) is 17.0 Å². The number of hydrogen-bond donors (Lipinski definition) is 0. The second-order valence-electron chi connectivity index (χ2n) is 3.38. The minimum absolute atomic E-state index is 0.445. The third-order valence-electron chi connectivity index (χ3n) is 2.04. The van der Waals surface area contributed by atoms with Gasteiger partial charge in [-0.1, -0.05) is 0 Å². The van der Waals surface area contributed by atoms with Crippen LogP contribution in [0.5, 0.6) is 5.75 Å². The number of alkyl halides is 5. The number of thioether (sulfide) groups is 1. The van der Waals surface area contributed by atoms with E-state index in [1.165, 1.54) is 6.07 Å². The largest absolute Gasteiger partial charge is 0.465 e. The van der Waals surface area contributed by atoms with E-state index in [1.54, 1.807) is 0 Å². The highest BCUT2D eigenvalue weighted by Gasteiger charge is 2.32. The molecular weight excluding hydrogens is 321 g/mol. The Morgan fingerprint density at radius 2 is 2.00 bits per heavy atom. The molecule has 1 aromatic rings. The molecule has 21 heavy (non-hydrogen) atoms. The molecule has 0 bridgehead atoms. The molecule has 0 heterocycles. The molecule has 0 unspecified atom stereocenters. The van der Waals surface area contributed by atoms with E-state index in [-0.39, 0.29) is 0 Å². The summed E-state index contributed by atoms with van der Waals surface area (Å²) in [6.45, 7) is -3.37. The fourth-order valence-corrected chi connectivity index (χ4v) is 2.01. The topological polar surface area (TPSA) is 59.3 Å². The molecule has 0 aliphatic rings. The van der Waals surface area contributed by atoms with Crippen molar-refractivity contribution in [2.24, 2.45) is 0 Å². The monoisotopic (exact) mass is 327 g/mol. The van der Waals surface area contributed by atoms with Gasteiger partial charge in [-0.2, -0.15) is 27.2 Å². The smallest absolute Gasteiger partial charge is 0.446 e. The highest BCUT2D eigenvalue weighted by Crippen LogP contribution is 2.41. The number of carbonyl (C=O) groups excluding carboxylic acids is 1. The molecule has 0 radical (unpaired) electrons. The van der Waals surface area contributed by atoms with Gasteiger partial charge in [0.2, 0.25) is 0 Å². The highest BCUT2D eigenvalue weighted by molar-refractivity contribution is 8.00. The van der Waals surface area contributed by atoms with E-state index in [1.807, 2.05) is 0 Å². The molecule has 1 aromatic carbocycles. The molecule has 0 fully saturated rings. The van der Waals surface area contributed by atoms with Gasteiger partial charge in [-0.15, -0.1) is 0 Å². The van der Waals surface area contributed by atoms with Crippen LogP contribution in [-0.2, 0) is 4.74 Å². The molecule has 0 amide bonds. The van der Waals surface area contributed by atoms with Gasteiger partial charge in [0, 0.05) is 4.90 Å². The summed E-state index contributed by atoms with van der Waals surface area (Å²) >= 11 is -0.720. The lowest BCUT2D eigenvalue weighted by Gasteiger charge is -2.13. The third kappa shape index (κ3) is 4.78. The number of ether oxygens (including phenoxy) is 2. The van der Waals surface area contributed by atoms with Gasteiger partial charge in [-0.05, 0) is 23.9 Å². The van der Waals surface area contributed by atoms with E-state index in [4.69, 9.17) is 5.26 Å². The maximum Gasteiger partial charge on any atom is 0.446 e. The minimum atomic E-state index is -4.78. The van der Waals surface area contributed by atoms with Gasteiger partial charge in [0.05, 0.1) is 12.7 Å². The van der Waals surface area contributed by atoms with E-state index in [0.29, 0.717) is 0 Å².